The zero-order valence-electron chi connectivity index (χ0n) is 9.99. The molecule has 4 nitrogen and oxygen atoms in total. The largest absolute Gasteiger partial charge is 0.444 e. The maximum Gasteiger partial charge on any atom is 0.410 e. The SMILES string of the molecule is CC(O)[C@H]1CCN(C(=O)OC(C)(C)C)C1. The average molecular weight is 215 g/mol. The van der Waals surface area contributed by atoms with E-state index >= 15 is 0 Å². The van der Waals surface area contributed by atoms with Gasteiger partial charge in [0.15, 0.2) is 0 Å². The van der Waals surface area contributed by atoms with E-state index in [0.717, 1.165) is 6.42 Å². The van der Waals surface area contributed by atoms with E-state index < -0.39 is 5.60 Å². The van der Waals surface area contributed by atoms with Gasteiger partial charge in [0.2, 0.25) is 0 Å². The predicted molar refractivity (Wildman–Crippen MR) is 57.6 cm³/mol. The molecule has 4 heteroatoms. The molecular formula is C11H21NO3. The molecule has 0 aromatic heterocycles. The van der Waals surface area contributed by atoms with E-state index in [2.05, 4.69) is 0 Å². The fourth-order valence-electron chi connectivity index (χ4n) is 1.67. The first-order valence-corrected chi connectivity index (χ1v) is 5.45. The molecular weight excluding hydrogens is 194 g/mol. The van der Waals surface area contributed by atoms with E-state index in [0.29, 0.717) is 13.1 Å². The van der Waals surface area contributed by atoms with Crippen LogP contribution in [0.5, 0.6) is 0 Å². The molecule has 1 unspecified atom stereocenters. The van der Waals surface area contributed by atoms with Crippen LogP contribution in [0.25, 0.3) is 0 Å². The number of aliphatic hydroxyl groups is 1. The Hall–Kier alpha value is -0.770. The van der Waals surface area contributed by atoms with Crippen LogP contribution in [-0.4, -0.2) is 40.9 Å². The van der Waals surface area contributed by atoms with E-state index in [1.54, 1.807) is 11.8 Å². The van der Waals surface area contributed by atoms with Crippen molar-refractivity contribution in [3.63, 3.8) is 0 Å². The van der Waals surface area contributed by atoms with E-state index in [4.69, 9.17) is 4.74 Å². The van der Waals surface area contributed by atoms with Crippen molar-refractivity contribution in [2.45, 2.75) is 45.8 Å². The van der Waals surface area contributed by atoms with Gasteiger partial charge in [-0.1, -0.05) is 0 Å². The van der Waals surface area contributed by atoms with E-state index in [-0.39, 0.29) is 18.1 Å². The lowest BCUT2D eigenvalue weighted by Crippen LogP contribution is -2.36. The summed E-state index contributed by atoms with van der Waals surface area (Å²) in [6.45, 7) is 8.62. The second-order valence-electron chi connectivity index (χ2n) is 5.22. The summed E-state index contributed by atoms with van der Waals surface area (Å²) in [4.78, 5) is 13.3. The summed E-state index contributed by atoms with van der Waals surface area (Å²) >= 11 is 0. The highest BCUT2D eigenvalue weighted by Gasteiger charge is 2.31. The average Bonchev–Trinajstić information content (AvgIpc) is 2.47. The Kier molecular flexibility index (Phi) is 3.60. The third-order valence-corrected chi connectivity index (χ3v) is 2.56. The number of likely N-dealkylation sites (tertiary alicyclic amines) is 1. The van der Waals surface area contributed by atoms with Gasteiger partial charge in [0.1, 0.15) is 5.60 Å². The van der Waals surface area contributed by atoms with Gasteiger partial charge in [0, 0.05) is 19.0 Å². The van der Waals surface area contributed by atoms with Crippen LogP contribution in [0.2, 0.25) is 0 Å². The summed E-state index contributed by atoms with van der Waals surface area (Å²) in [5.41, 5.74) is -0.444. The summed E-state index contributed by atoms with van der Waals surface area (Å²) in [7, 11) is 0. The van der Waals surface area contributed by atoms with Crippen LogP contribution in [0.4, 0.5) is 4.79 Å². The molecule has 2 atom stereocenters. The first kappa shape index (κ1) is 12.3. The standard InChI is InChI=1S/C11H21NO3/c1-8(13)9-5-6-12(7-9)10(14)15-11(2,3)4/h8-9,13H,5-7H2,1-4H3/t8?,9-/m0/s1. The smallest absolute Gasteiger partial charge is 0.410 e. The zero-order chi connectivity index (χ0) is 11.6. The van der Waals surface area contributed by atoms with Crippen molar-refractivity contribution in [1.29, 1.82) is 0 Å². The number of carbonyl (C=O) groups is 1. The number of ether oxygens (including phenoxy) is 1. The highest BCUT2D eigenvalue weighted by atomic mass is 16.6. The lowest BCUT2D eigenvalue weighted by atomic mass is 10.0. The number of nitrogens with zero attached hydrogens (tertiary/aromatic N) is 1. The molecule has 0 saturated carbocycles. The van der Waals surface area contributed by atoms with Crippen LogP contribution in [0.3, 0.4) is 0 Å². The molecule has 1 saturated heterocycles. The number of rotatable bonds is 1. The highest BCUT2D eigenvalue weighted by Crippen LogP contribution is 2.21. The maximum atomic E-state index is 11.7. The Morgan fingerprint density at radius 1 is 1.53 bits per heavy atom. The summed E-state index contributed by atoms with van der Waals surface area (Å²) in [6, 6.07) is 0. The molecule has 0 aliphatic carbocycles. The molecule has 0 radical (unpaired) electrons. The van der Waals surface area contributed by atoms with Crippen LogP contribution < -0.4 is 0 Å². The van der Waals surface area contributed by atoms with Gasteiger partial charge in [-0.2, -0.15) is 0 Å². The number of carbonyl (C=O) groups excluding carboxylic acids is 1. The maximum absolute atomic E-state index is 11.7. The minimum atomic E-state index is -0.444. The van der Waals surface area contributed by atoms with Crippen molar-refractivity contribution >= 4 is 6.09 Å². The first-order chi connectivity index (χ1) is 6.79. The Bertz CT molecular complexity index is 232. The molecule has 1 rings (SSSR count). The van der Waals surface area contributed by atoms with E-state index in [9.17, 15) is 9.90 Å². The van der Waals surface area contributed by atoms with E-state index in [1.165, 1.54) is 0 Å². The first-order valence-electron chi connectivity index (χ1n) is 5.45. The third-order valence-electron chi connectivity index (χ3n) is 2.56. The fraction of sp³-hybridized carbons (Fsp3) is 0.909. The molecule has 1 fully saturated rings. The Morgan fingerprint density at radius 3 is 2.53 bits per heavy atom. The normalized spacial score (nSPS) is 24.1. The second kappa shape index (κ2) is 4.39. The quantitative estimate of drug-likeness (QED) is 0.723. The van der Waals surface area contributed by atoms with Crippen molar-refractivity contribution in [3.05, 3.63) is 0 Å². The summed E-state index contributed by atoms with van der Waals surface area (Å²) in [5, 5.41) is 9.41. The number of amides is 1. The van der Waals surface area contributed by atoms with Crippen LogP contribution in [0.15, 0.2) is 0 Å². The van der Waals surface area contributed by atoms with Crippen molar-refractivity contribution in [2.24, 2.45) is 5.92 Å². The fourth-order valence-corrected chi connectivity index (χ4v) is 1.67. The molecule has 1 aliphatic rings. The molecule has 0 spiro atoms. The Balaban J connectivity index is 2.44. The zero-order valence-corrected chi connectivity index (χ0v) is 9.99. The Morgan fingerprint density at radius 2 is 2.13 bits per heavy atom. The van der Waals surface area contributed by atoms with Gasteiger partial charge >= 0.3 is 6.09 Å². The summed E-state index contributed by atoms with van der Waals surface area (Å²) < 4.78 is 5.26. The molecule has 1 amide bonds. The minimum absolute atomic E-state index is 0.192. The predicted octanol–water partition coefficient (Wildman–Crippen LogP) is 1.62. The summed E-state index contributed by atoms with van der Waals surface area (Å²) in [5.74, 6) is 0.192. The van der Waals surface area contributed by atoms with Gasteiger partial charge in [0.25, 0.3) is 0 Å². The molecule has 1 N–H and O–H groups in total. The molecule has 88 valence electrons. The molecule has 1 aliphatic heterocycles. The molecule has 1 heterocycles. The lowest BCUT2D eigenvalue weighted by molar-refractivity contribution is 0.0273. The number of aliphatic hydroxyl groups excluding tert-OH is 1. The van der Waals surface area contributed by atoms with E-state index in [1.807, 2.05) is 20.8 Å². The van der Waals surface area contributed by atoms with Crippen LogP contribution >= 0.6 is 0 Å². The van der Waals surface area contributed by atoms with Crippen LogP contribution in [-0.2, 0) is 4.74 Å². The molecule has 0 bridgehead atoms. The lowest BCUT2D eigenvalue weighted by Gasteiger charge is -2.24. The number of hydrogen-bond donors (Lipinski definition) is 1. The summed E-state index contributed by atoms with van der Waals surface area (Å²) in [6.07, 6.45) is 0.236. The monoisotopic (exact) mass is 215 g/mol. The number of hydrogen-bond acceptors (Lipinski definition) is 3. The van der Waals surface area contributed by atoms with Crippen molar-refractivity contribution in [3.8, 4) is 0 Å². The minimum Gasteiger partial charge on any atom is -0.444 e. The van der Waals surface area contributed by atoms with Gasteiger partial charge in [-0.05, 0) is 34.1 Å². The van der Waals surface area contributed by atoms with Gasteiger partial charge < -0.3 is 14.7 Å². The van der Waals surface area contributed by atoms with Crippen molar-refractivity contribution < 1.29 is 14.6 Å². The second-order valence-corrected chi connectivity index (χ2v) is 5.22. The third kappa shape index (κ3) is 3.70. The Labute approximate surface area is 91.2 Å². The van der Waals surface area contributed by atoms with Gasteiger partial charge in [0.05, 0.1) is 6.10 Å². The topological polar surface area (TPSA) is 49.8 Å². The van der Waals surface area contributed by atoms with Crippen molar-refractivity contribution in [1.82, 2.24) is 4.90 Å². The van der Waals surface area contributed by atoms with Gasteiger partial charge in [-0.3, -0.25) is 0 Å². The molecule has 0 aromatic carbocycles. The van der Waals surface area contributed by atoms with Crippen LogP contribution in [0, 0.1) is 5.92 Å². The highest BCUT2D eigenvalue weighted by molar-refractivity contribution is 5.68. The molecule has 0 aromatic rings. The van der Waals surface area contributed by atoms with Crippen LogP contribution in [0.1, 0.15) is 34.1 Å². The van der Waals surface area contributed by atoms with Gasteiger partial charge in [-0.25, -0.2) is 4.79 Å². The van der Waals surface area contributed by atoms with Crippen molar-refractivity contribution in [2.75, 3.05) is 13.1 Å². The molecule has 15 heavy (non-hydrogen) atoms. The van der Waals surface area contributed by atoms with Gasteiger partial charge in [-0.15, -0.1) is 0 Å².